The lowest BCUT2D eigenvalue weighted by Gasteiger charge is -2.03. The van der Waals surface area contributed by atoms with Gasteiger partial charge in [0.2, 0.25) is 0 Å². The molecule has 2 rings (SSSR count). The first-order valence-electron chi connectivity index (χ1n) is 5.05. The monoisotopic (exact) mass is 239 g/mol. The fourth-order valence-corrected chi connectivity index (χ4v) is 2.07. The highest BCUT2D eigenvalue weighted by Crippen LogP contribution is 2.15. The lowest BCUT2D eigenvalue weighted by Crippen LogP contribution is -2.09. The van der Waals surface area contributed by atoms with E-state index in [2.05, 4.69) is 15.2 Å². The van der Waals surface area contributed by atoms with Crippen LogP contribution in [0.1, 0.15) is 22.8 Å². The third kappa shape index (κ3) is 1.82. The highest BCUT2D eigenvalue weighted by molar-refractivity contribution is 6.17. The van der Waals surface area contributed by atoms with Crippen molar-refractivity contribution >= 4 is 11.6 Å². The highest BCUT2D eigenvalue weighted by Gasteiger charge is 2.12. The Morgan fingerprint density at radius 1 is 1.38 bits per heavy atom. The minimum absolute atomic E-state index is 0.497. The SMILES string of the molecule is Cc1nn(Cc2ncnn2C)c(C)c1CCl. The zero-order valence-electron chi connectivity index (χ0n) is 9.61. The summed E-state index contributed by atoms with van der Waals surface area (Å²) in [5.74, 6) is 1.38. The van der Waals surface area contributed by atoms with E-state index < -0.39 is 0 Å². The molecule has 0 N–H and O–H groups in total. The van der Waals surface area contributed by atoms with E-state index in [4.69, 9.17) is 11.6 Å². The first-order chi connectivity index (χ1) is 7.63. The second-order valence-electron chi connectivity index (χ2n) is 3.74. The van der Waals surface area contributed by atoms with Gasteiger partial charge >= 0.3 is 0 Å². The molecule has 0 bridgehead atoms. The van der Waals surface area contributed by atoms with Gasteiger partial charge in [-0.15, -0.1) is 11.6 Å². The molecule has 0 amide bonds. The molecule has 5 nitrogen and oxygen atoms in total. The van der Waals surface area contributed by atoms with E-state index in [0.29, 0.717) is 12.4 Å². The largest absolute Gasteiger partial charge is 0.262 e. The van der Waals surface area contributed by atoms with Gasteiger partial charge in [0.25, 0.3) is 0 Å². The van der Waals surface area contributed by atoms with Crippen molar-refractivity contribution in [3.05, 3.63) is 29.1 Å². The minimum Gasteiger partial charge on any atom is -0.262 e. The smallest absolute Gasteiger partial charge is 0.148 e. The molecule has 2 aromatic rings. The molecular formula is C10H14ClN5. The van der Waals surface area contributed by atoms with Crippen LogP contribution in [0.4, 0.5) is 0 Å². The van der Waals surface area contributed by atoms with Crippen LogP contribution >= 0.6 is 11.6 Å². The number of rotatable bonds is 3. The molecule has 0 aliphatic carbocycles. The fourth-order valence-electron chi connectivity index (χ4n) is 1.68. The summed E-state index contributed by atoms with van der Waals surface area (Å²) in [6.07, 6.45) is 1.55. The van der Waals surface area contributed by atoms with E-state index in [1.54, 1.807) is 11.0 Å². The Morgan fingerprint density at radius 2 is 2.12 bits per heavy atom. The molecule has 86 valence electrons. The van der Waals surface area contributed by atoms with Gasteiger partial charge in [0, 0.05) is 18.3 Å². The van der Waals surface area contributed by atoms with Gasteiger partial charge in [0.15, 0.2) is 0 Å². The summed E-state index contributed by atoms with van der Waals surface area (Å²) in [4.78, 5) is 4.17. The molecule has 2 aromatic heterocycles. The Labute approximate surface area is 99.1 Å². The average molecular weight is 240 g/mol. The van der Waals surface area contributed by atoms with Crippen LogP contribution < -0.4 is 0 Å². The summed E-state index contributed by atoms with van der Waals surface area (Å²) in [7, 11) is 1.87. The Balaban J connectivity index is 2.32. The quantitative estimate of drug-likeness (QED) is 0.761. The summed E-state index contributed by atoms with van der Waals surface area (Å²) < 4.78 is 3.66. The molecule has 0 fully saturated rings. The number of halogens is 1. The maximum absolute atomic E-state index is 5.88. The van der Waals surface area contributed by atoms with E-state index in [9.17, 15) is 0 Å². The Morgan fingerprint density at radius 3 is 2.62 bits per heavy atom. The van der Waals surface area contributed by atoms with E-state index in [0.717, 1.165) is 22.8 Å². The van der Waals surface area contributed by atoms with E-state index in [-0.39, 0.29) is 0 Å². The van der Waals surface area contributed by atoms with Gasteiger partial charge in [-0.2, -0.15) is 10.2 Å². The van der Waals surface area contributed by atoms with Crippen LogP contribution in [0.15, 0.2) is 6.33 Å². The molecule has 2 heterocycles. The van der Waals surface area contributed by atoms with E-state index in [1.807, 2.05) is 25.6 Å². The molecule has 0 saturated heterocycles. The maximum Gasteiger partial charge on any atom is 0.148 e. The molecule has 16 heavy (non-hydrogen) atoms. The van der Waals surface area contributed by atoms with Gasteiger partial charge in [0.1, 0.15) is 18.7 Å². The van der Waals surface area contributed by atoms with Crippen LogP contribution in [-0.2, 0) is 19.5 Å². The van der Waals surface area contributed by atoms with Crippen LogP contribution in [0.5, 0.6) is 0 Å². The second-order valence-corrected chi connectivity index (χ2v) is 4.01. The van der Waals surface area contributed by atoms with Gasteiger partial charge in [-0.05, 0) is 13.8 Å². The zero-order valence-corrected chi connectivity index (χ0v) is 10.4. The van der Waals surface area contributed by atoms with Crippen molar-refractivity contribution in [2.75, 3.05) is 0 Å². The van der Waals surface area contributed by atoms with Crippen LogP contribution in [-0.4, -0.2) is 24.5 Å². The lowest BCUT2D eigenvalue weighted by molar-refractivity contribution is 0.592. The third-order valence-electron chi connectivity index (χ3n) is 2.76. The van der Waals surface area contributed by atoms with Gasteiger partial charge in [-0.1, -0.05) is 0 Å². The molecule has 0 saturated carbocycles. The van der Waals surface area contributed by atoms with Crippen molar-refractivity contribution in [1.29, 1.82) is 0 Å². The van der Waals surface area contributed by atoms with Crippen LogP contribution in [0, 0.1) is 13.8 Å². The number of nitrogens with zero attached hydrogens (tertiary/aromatic N) is 5. The standard InChI is InChI=1S/C10H14ClN5/c1-7-9(4-11)8(2)16(14-7)5-10-12-6-13-15(10)3/h6H,4-5H2,1-3H3. The second kappa shape index (κ2) is 4.25. The van der Waals surface area contributed by atoms with Crippen LogP contribution in [0.25, 0.3) is 0 Å². The van der Waals surface area contributed by atoms with Crippen LogP contribution in [0.3, 0.4) is 0 Å². The molecule has 0 aliphatic heterocycles. The Kier molecular flexibility index (Phi) is 2.96. The topological polar surface area (TPSA) is 48.5 Å². The zero-order chi connectivity index (χ0) is 11.7. The number of aryl methyl sites for hydroxylation is 2. The molecule has 0 spiro atoms. The van der Waals surface area contributed by atoms with E-state index >= 15 is 0 Å². The molecule has 0 atom stereocenters. The normalized spacial score (nSPS) is 11.0. The predicted octanol–water partition coefficient (Wildman–Crippen LogP) is 1.42. The first-order valence-corrected chi connectivity index (χ1v) is 5.58. The summed E-state index contributed by atoms with van der Waals surface area (Å²) in [5.41, 5.74) is 3.18. The molecule has 0 unspecified atom stereocenters. The fraction of sp³-hybridized carbons (Fsp3) is 0.500. The number of hydrogen-bond acceptors (Lipinski definition) is 3. The molecule has 6 heteroatoms. The third-order valence-corrected chi connectivity index (χ3v) is 3.03. The first kappa shape index (κ1) is 11.1. The van der Waals surface area contributed by atoms with Crippen molar-refractivity contribution in [2.45, 2.75) is 26.3 Å². The maximum atomic E-state index is 5.88. The predicted molar refractivity (Wildman–Crippen MR) is 61.4 cm³/mol. The molecule has 0 aromatic carbocycles. The van der Waals surface area contributed by atoms with Crippen molar-refractivity contribution in [3.8, 4) is 0 Å². The minimum atomic E-state index is 0.497. The van der Waals surface area contributed by atoms with Crippen molar-refractivity contribution in [2.24, 2.45) is 7.05 Å². The summed E-state index contributed by atoms with van der Waals surface area (Å²) in [6.45, 7) is 4.62. The van der Waals surface area contributed by atoms with Crippen molar-refractivity contribution in [1.82, 2.24) is 24.5 Å². The van der Waals surface area contributed by atoms with Gasteiger partial charge in [-0.25, -0.2) is 4.98 Å². The molecular weight excluding hydrogens is 226 g/mol. The molecule has 0 radical (unpaired) electrons. The Hall–Kier alpha value is -1.36. The summed E-state index contributed by atoms with van der Waals surface area (Å²) in [6, 6.07) is 0. The summed E-state index contributed by atoms with van der Waals surface area (Å²) >= 11 is 5.88. The number of hydrogen-bond donors (Lipinski definition) is 0. The number of aromatic nitrogens is 5. The van der Waals surface area contributed by atoms with Crippen molar-refractivity contribution < 1.29 is 0 Å². The lowest BCUT2D eigenvalue weighted by atomic mass is 10.2. The number of alkyl halides is 1. The van der Waals surface area contributed by atoms with Crippen molar-refractivity contribution in [3.63, 3.8) is 0 Å². The average Bonchev–Trinajstić information content (AvgIpc) is 2.74. The summed E-state index contributed by atoms with van der Waals surface area (Å²) in [5, 5.41) is 8.48. The van der Waals surface area contributed by atoms with Crippen LogP contribution in [0.2, 0.25) is 0 Å². The Bertz CT molecular complexity index is 499. The van der Waals surface area contributed by atoms with Gasteiger partial charge < -0.3 is 0 Å². The van der Waals surface area contributed by atoms with Gasteiger partial charge in [-0.3, -0.25) is 9.36 Å². The molecule has 0 aliphatic rings. The van der Waals surface area contributed by atoms with E-state index in [1.165, 1.54) is 0 Å². The highest BCUT2D eigenvalue weighted by atomic mass is 35.5. The van der Waals surface area contributed by atoms with Gasteiger partial charge in [0.05, 0.1) is 11.6 Å².